The summed E-state index contributed by atoms with van der Waals surface area (Å²) in [6.45, 7) is 0. The molecule has 1 aliphatic carbocycles. The molecule has 1 fully saturated rings. The Hall–Kier alpha value is -0.850. The molecule has 2 rings (SSSR count). The molecule has 16 heavy (non-hydrogen) atoms. The number of hydrogen-bond donors (Lipinski definition) is 1. The van der Waals surface area contributed by atoms with Gasteiger partial charge in [0.25, 0.3) is 0 Å². The van der Waals surface area contributed by atoms with Crippen molar-refractivity contribution in [3.05, 3.63) is 23.2 Å². The normalized spacial score (nSPS) is 16.8. The van der Waals surface area contributed by atoms with Gasteiger partial charge in [0.1, 0.15) is 0 Å². The SMILES string of the molecule is N#CCC1(CSc2ccc(Cl)cc2N)CC1. The Morgan fingerprint density at radius 1 is 1.50 bits per heavy atom. The number of nitrogen functional groups attached to an aromatic ring is 1. The lowest BCUT2D eigenvalue weighted by molar-refractivity contribution is 0.604. The molecule has 1 aromatic carbocycles. The Kier molecular flexibility index (Phi) is 3.32. The molecule has 4 heteroatoms. The van der Waals surface area contributed by atoms with Crippen molar-refractivity contribution in [2.75, 3.05) is 11.5 Å². The molecule has 0 spiro atoms. The molecule has 1 saturated carbocycles. The van der Waals surface area contributed by atoms with Gasteiger partial charge in [-0.1, -0.05) is 11.6 Å². The first-order valence-corrected chi connectivity index (χ1v) is 6.56. The number of benzene rings is 1. The minimum atomic E-state index is 0.255. The maximum Gasteiger partial charge on any atom is 0.0627 e. The maximum absolute atomic E-state index is 8.73. The van der Waals surface area contributed by atoms with Gasteiger partial charge in [-0.3, -0.25) is 0 Å². The van der Waals surface area contributed by atoms with E-state index in [1.165, 1.54) is 12.8 Å². The number of rotatable bonds is 4. The summed E-state index contributed by atoms with van der Waals surface area (Å²) in [6.07, 6.45) is 3.00. The predicted molar refractivity (Wildman–Crippen MR) is 68.5 cm³/mol. The minimum Gasteiger partial charge on any atom is -0.398 e. The third-order valence-corrected chi connectivity index (χ3v) is 4.59. The summed E-state index contributed by atoms with van der Waals surface area (Å²) in [5.74, 6) is 0.979. The first-order valence-electron chi connectivity index (χ1n) is 5.20. The van der Waals surface area contributed by atoms with Crippen molar-refractivity contribution in [2.24, 2.45) is 5.41 Å². The molecule has 1 aromatic rings. The highest BCUT2D eigenvalue weighted by Gasteiger charge is 2.42. The van der Waals surface area contributed by atoms with Gasteiger partial charge in [-0.15, -0.1) is 11.8 Å². The number of halogens is 1. The van der Waals surface area contributed by atoms with Crippen LogP contribution in [0.2, 0.25) is 5.02 Å². The van der Waals surface area contributed by atoms with Crippen LogP contribution in [0.25, 0.3) is 0 Å². The van der Waals surface area contributed by atoms with Gasteiger partial charge in [0.2, 0.25) is 0 Å². The van der Waals surface area contributed by atoms with Crippen molar-refractivity contribution in [1.82, 2.24) is 0 Å². The molecule has 0 aliphatic heterocycles. The van der Waals surface area contributed by atoms with Crippen LogP contribution >= 0.6 is 23.4 Å². The van der Waals surface area contributed by atoms with E-state index in [4.69, 9.17) is 22.6 Å². The Morgan fingerprint density at radius 3 is 2.81 bits per heavy atom. The minimum absolute atomic E-state index is 0.255. The van der Waals surface area contributed by atoms with Crippen molar-refractivity contribution in [1.29, 1.82) is 5.26 Å². The van der Waals surface area contributed by atoms with Crippen LogP contribution in [0.5, 0.6) is 0 Å². The van der Waals surface area contributed by atoms with Crippen LogP contribution in [0, 0.1) is 16.7 Å². The van der Waals surface area contributed by atoms with E-state index in [1.807, 2.05) is 12.1 Å². The fourth-order valence-corrected chi connectivity index (χ4v) is 3.02. The largest absolute Gasteiger partial charge is 0.398 e. The highest BCUT2D eigenvalue weighted by Crippen LogP contribution is 2.52. The maximum atomic E-state index is 8.73. The van der Waals surface area contributed by atoms with Crippen LogP contribution in [0.15, 0.2) is 23.1 Å². The molecule has 2 N–H and O–H groups in total. The van der Waals surface area contributed by atoms with E-state index < -0.39 is 0 Å². The van der Waals surface area contributed by atoms with Gasteiger partial charge in [0.05, 0.1) is 6.07 Å². The summed E-state index contributed by atoms with van der Waals surface area (Å²) in [7, 11) is 0. The van der Waals surface area contributed by atoms with E-state index in [9.17, 15) is 0 Å². The Bertz CT molecular complexity index is 435. The fraction of sp³-hybridized carbons (Fsp3) is 0.417. The molecule has 0 amide bonds. The second-order valence-corrected chi connectivity index (χ2v) is 5.76. The summed E-state index contributed by atoms with van der Waals surface area (Å²) < 4.78 is 0. The van der Waals surface area contributed by atoms with Crippen molar-refractivity contribution in [3.63, 3.8) is 0 Å². The zero-order chi connectivity index (χ0) is 11.6. The van der Waals surface area contributed by atoms with E-state index in [0.29, 0.717) is 11.4 Å². The van der Waals surface area contributed by atoms with Crippen molar-refractivity contribution >= 4 is 29.1 Å². The number of hydrogen-bond acceptors (Lipinski definition) is 3. The summed E-state index contributed by atoms with van der Waals surface area (Å²) in [5, 5.41) is 9.40. The molecule has 0 saturated heterocycles. The molecule has 84 valence electrons. The smallest absolute Gasteiger partial charge is 0.0627 e. The van der Waals surface area contributed by atoms with E-state index in [-0.39, 0.29) is 5.41 Å². The zero-order valence-electron chi connectivity index (χ0n) is 8.87. The highest BCUT2D eigenvalue weighted by molar-refractivity contribution is 7.99. The topological polar surface area (TPSA) is 49.8 Å². The summed E-state index contributed by atoms with van der Waals surface area (Å²) in [6, 6.07) is 7.84. The van der Waals surface area contributed by atoms with Gasteiger partial charge in [-0.05, 0) is 36.5 Å². The average Bonchev–Trinajstić information content (AvgIpc) is 2.98. The van der Waals surface area contributed by atoms with E-state index in [2.05, 4.69) is 6.07 Å². The van der Waals surface area contributed by atoms with Gasteiger partial charge in [-0.2, -0.15) is 5.26 Å². The molecule has 0 aromatic heterocycles. The third kappa shape index (κ3) is 2.63. The monoisotopic (exact) mass is 252 g/mol. The molecule has 1 aliphatic rings. The second-order valence-electron chi connectivity index (χ2n) is 4.31. The summed E-state index contributed by atoms with van der Waals surface area (Å²) >= 11 is 7.57. The molecule has 0 unspecified atom stereocenters. The van der Waals surface area contributed by atoms with Crippen LogP contribution in [0.1, 0.15) is 19.3 Å². The number of anilines is 1. The molecule has 0 heterocycles. The molecule has 0 bridgehead atoms. The highest BCUT2D eigenvalue weighted by atomic mass is 35.5. The molecule has 2 nitrogen and oxygen atoms in total. The third-order valence-electron chi connectivity index (χ3n) is 2.92. The van der Waals surface area contributed by atoms with Crippen molar-refractivity contribution in [2.45, 2.75) is 24.2 Å². The van der Waals surface area contributed by atoms with Crippen LogP contribution < -0.4 is 5.73 Å². The van der Waals surface area contributed by atoms with Crippen molar-refractivity contribution in [3.8, 4) is 6.07 Å². The first-order chi connectivity index (χ1) is 7.65. The lowest BCUT2D eigenvalue weighted by Crippen LogP contribution is -2.02. The van der Waals surface area contributed by atoms with E-state index in [0.717, 1.165) is 16.3 Å². The van der Waals surface area contributed by atoms with Gasteiger partial charge in [0, 0.05) is 27.8 Å². The zero-order valence-corrected chi connectivity index (χ0v) is 10.4. The lowest BCUT2D eigenvalue weighted by atomic mass is 10.1. The van der Waals surface area contributed by atoms with Crippen LogP contribution in [0.3, 0.4) is 0 Å². The van der Waals surface area contributed by atoms with Gasteiger partial charge >= 0.3 is 0 Å². The fourth-order valence-electron chi connectivity index (χ4n) is 1.60. The number of nitrogens with two attached hydrogens (primary N) is 1. The quantitative estimate of drug-likeness (QED) is 0.657. The predicted octanol–water partition coefficient (Wildman–Crippen LogP) is 3.71. The van der Waals surface area contributed by atoms with E-state index in [1.54, 1.807) is 17.8 Å². The Labute approximate surface area is 105 Å². The summed E-state index contributed by atoms with van der Waals surface area (Å²) in [5.41, 5.74) is 6.86. The summed E-state index contributed by atoms with van der Waals surface area (Å²) in [4.78, 5) is 1.06. The number of nitrogens with zero attached hydrogens (tertiary/aromatic N) is 1. The number of thioether (sulfide) groups is 1. The van der Waals surface area contributed by atoms with Gasteiger partial charge in [-0.25, -0.2) is 0 Å². The van der Waals surface area contributed by atoms with Crippen LogP contribution in [-0.2, 0) is 0 Å². The second kappa shape index (κ2) is 4.57. The van der Waals surface area contributed by atoms with Crippen LogP contribution in [-0.4, -0.2) is 5.75 Å². The van der Waals surface area contributed by atoms with Gasteiger partial charge < -0.3 is 5.73 Å². The van der Waals surface area contributed by atoms with Crippen molar-refractivity contribution < 1.29 is 0 Å². The standard InChI is InChI=1S/C12H13ClN2S/c13-9-1-2-11(10(15)7-9)16-8-12(3-4-12)5-6-14/h1-2,7H,3-5,8,15H2. The van der Waals surface area contributed by atoms with Crippen LogP contribution in [0.4, 0.5) is 5.69 Å². The molecule has 0 atom stereocenters. The molecular weight excluding hydrogens is 240 g/mol. The Balaban J connectivity index is 1.98. The molecule has 0 radical (unpaired) electrons. The average molecular weight is 253 g/mol. The Morgan fingerprint density at radius 2 is 2.25 bits per heavy atom. The molecular formula is C12H13ClN2S. The lowest BCUT2D eigenvalue weighted by Gasteiger charge is -2.11. The first kappa shape index (κ1) is 11.6. The van der Waals surface area contributed by atoms with Gasteiger partial charge in [0.15, 0.2) is 0 Å². The van der Waals surface area contributed by atoms with E-state index >= 15 is 0 Å². The number of nitriles is 1.